The maximum atomic E-state index is 12.2. The number of amides is 1. The number of carbonyl (C=O) groups is 1. The third-order valence-corrected chi connectivity index (χ3v) is 4.68. The molecular weight excluding hydrogens is 360 g/mol. The number of hydrogen-bond donors (Lipinski definition) is 2. The molecule has 4 rings (SSSR count). The molecule has 0 unspecified atom stereocenters. The molecule has 0 aliphatic carbocycles. The summed E-state index contributed by atoms with van der Waals surface area (Å²) in [7, 11) is 0. The number of aromatic nitrogens is 2. The molecule has 27 heavy (non-hydrogen) atoms. The highest BCUT2D eigenvalue weighted by Gasteiger charge is 2.21. The molecule has 0 spiro atoms. The minimum Gasteiger partial charge on any atom is -0.325 e. The SMILES string of the molecule is CCCc1cccc(Nc2ncc3c(n2)-c2ccc(Cl)cc2NC(=O)C3)c1. The van der Waals surface area contributed by atoms with Crippen LogP contribution in [0, 0.1) is 0 Å². The molecule has 2 heterocycles. The Balaban J connectivity index is 1.72. The molecule has 1 aliphatic rings. The van der Waals surface area contributed by atoms with E-state index in [0.717, 1.165) is 35.3 Å². The van der Waals surface area contributed by atoms with Crippen LogP contribution >= 0.6 is 11.6 Å². The lowest BCUT2D eigenvalue weighted by Crippen LogP contribution is -2.12. The van der Waals surface area contributed by atoms with E-state index in [-0.39, 0.29) is 12.3 Å². The quantitative estimate of drug-likeness (QED) is 0.671. The number of rotatable bonds is 4. The van der Waals surface area contributed by atoms with Crippen LogP contribution in [0.3, 0.4) is 0 Å². The molecule has 1 aromatic heterocycles. The van der Waals surface area contributed by atoms with E-state index in [9.17, 15) is 4.79 Å². The van der Waals surface area contributed by atoms with Crippen molar-refractivity contribution in [3.63, 3.8) is 0 Å². The number of halogens is 1. The van der Waals surface area contributed by atoms with Crippen LogP contribution < -0.4 is 10.6 Å². The van der Waals surface area contributed by atoms with Gasteiger partial charge in [0, 0.05) is 28.0 Å². The highest BCUT2D eigenvalue weighted by molar-refractivity contribution is 6.31. The van der Waals surface area contributed by atoms with Crippen molar-refractivity contribution in [2.45, 2.75) is 26.2 Å². The largest absolute Gasteiger partial charge is 0.325 e. The fourth-order valence-electron chi connectivity index (χ4n) is 3.25. The van der Waals surface area contributed by atoms with E-state index < -0.39 is 0 Å². The number of anilines is 3. The molecular formula is C21H19ClN4O. The van der Waals surface area contributed by atoms with E-state index in [1.54, 1.807) is 18.3 Å². The standard InChI is InChI=1S/C21H19ClN4O/c1-2-4-13-5-3-6-16(9-13)24-21-23-12-14-10-19(27)25-18-11-15(22)7-8-17(18)20(14)26-21/h3,5-9,11-12H,2,4,10H2,1H3,(H,25,27)(H,23,24,26). The van der Waals surface area contributed by atoms with Gasteiger partial charge in [-0.3, -0.25) is 4.79 Å². The average molecular weight is 379 g/mol. The van der Waals surface area contributed by atoms with Gasteiger partial charge in [0.15, 0.2) is 0 Å². The minimum atomic E-state index is -0.103. The first-order chi connectivity index (χ1) is 13.1. The molecule has 0 atom stereocenters. The summed E-state index contributed by atoms with van der Waals surface area (Å²) < 4.78 is 0. The van der Waals surface area contributed by atoms with Gasteiger partial charge in [0.25, 0.3) is 0 Å². The van der Waals surface area contributed by atoms with E-state index in [1.807, 2.05) is 18.2 Å². The maximum absolute atomic E-state index is 12.2. The van der Waals surface area contributed by atoms with Crippen molar-refractivity contribution >= 4 is 34.8 Å². The molecule has 6 heteroatoms. The third kappa shape index (κ3) is 3.78. The Morgan fingerprint density at radius 1 is 1.22 bits per heavy atom. The van der Waals surface area contributed by atoms with Crippen LogP contribution in [0.15, 0.2) is 48.7 Å². The van der Waals surface area contributed by atoms with Crippen LogP contribution in [0.1, 0.15) is 24.5 Å². The zero-order valence-electron chi connectivity index (χ0n) is 14.9. The van der Waals surface area contributed by atoms with Gasteiger partial charge in [-0.25, -0.2) is 9.97 Å². The normalized spacial score (nSPS) is 12.6. The molecule has 0 bridgehead atoms. The molecule has 0 saturated heterocycles. The Bertz CT molecular complexity index is 1020. The van der Waals surface area contributed by atoms with Crippen molar-refractivity contribution in [2.75, 3.05) is 10.6 Å². The van der Waals surface area contributed by atoms with Crippen molar-refractivity contribution in [1.29, 1.82) is 0 Å². The van der Waals surface area contributed by atoms with Crippen LogP contribution in [0.2, 0.25) is 5.02 Å². The Labute approximate surface area is 162 Å². The molecule has 3 aromatic rings. The first kappa shape index (κ1) is 17.5. The van der Waals surface area contributed by atoms with Crippen LogP contribution in [-0.4, -0.2) is 15.9 Å². The summed E-state index contributed by atoms with van der Waals surface area (Å²) in [5, 5.41) is 6.73. The topological polar surface area (TPSA) is 66.9 Å². The summed E-state index contributed by atoms with van der Waals surface area (Å²) >= 11 is 6.09. The van der Waals surface area contributed by atoms with Crippen LogP contribution in [0.25, 0.3) is 11.3 Å². The zero-order valence-corrected chi connectivity index (χ0v) is 15.7. The van der Waals surface area contributed by atoms with Gasteiger partial charge >= 0.3 is 0 Å². The lowest BCUT2D eigenvalue weighted by atomic mass is 10.1. The van der Waals surface area contributed by atoms with Gasteiger partial charge in [0.1, 0.15) is 0 Å². The molecule has 0 saturated carbocycles. The third-order valence-electron chi connectivity index (χ3n) is 4.45. The fraction of sp³-hybridized carbons (Fsp3) is 0.190. The van der Waals surface area contributed by atoms with Crippen LogP contribution in [0.4, 0.5) is 17.3 Å². The van der Waals surface area contributed by atoms with E-state index in [4.69, 9.17) is 16.6 Å². The van der Waals surface area contributed by atoms with Crippen molar-refractivity contribution in [3.05, 3.63) is 64.8 Å². The smallest absolute Gasteiger partial charge is 0.228 e. The monoisotopic (exact) mass is 378 g/mol. The van der Waals surface area contributed by atoms with Crippen molar-refractivity contribution in [1.82, 2.24) is 9.97 Å². The first-order valence-electron chi connectivity index (χ1n) is 8.94. The van der Waals surface area contributed by atoms with Gasteiger partial charge in [-0.05, 0) is 42.3 Å². The summed E-state index contributed by atoms with van der Waals surface area (Å²) in [6.07, 6.45) is 4.07. The Hall–Kier alpha value is -2.92. The van der Waals surface area contributed by atoms with Gasteiger partial charge in [-0.15, -0.1) is 0 Å². The number of nitrogens with zero attached hydrogens (tertiary/aromatic N) is 2. The molecule has 2 aromatic carbocycles. The Morgan fingerprint density at radius 2 is 2.11 bits per heavy atom. The number of carbonyl (C=O) groups excluding carboxylic acids is 1. The summed E-state index contributed by atoms with van der Waals surface area (Å²) in [4.78, 5) is 21.3. The van der Waals surface area contributed by atoms with Gasteiger partial charge in [-0.2, -0.15) is 0 Å². The lowest BCUT2D eigenvalue weighted by molar-refractivity contribution is -0.115. The summed E-state index contributed by atoms with van der Waals surface area (Å²) in [6.45, 7) is 2.16. The number of fused-ring (bicyclic) bond motifs is 3. The van der Waals surface area contributed by atoms with Gasteiger partial charge in [-0.1, -0.05) is 37.1 Å². The molecule has 1 amide bonds. The summed E-state index contributed by atoms with van der Waals surface area (Å²) in [5.41, 5.74) is 5.25. The number of nitrogens with one attached hydrogen (secondary N) is 2. The summed E-state index contributed by atoms with van der Waals surface area (Å²) in [5.74, 6) is 0.395. The predicted octanol–water partition coefficient (Wildman–Crippen LogP) is 4.99. The lowest BCUT2D eigenvalue weighted by Gasteiger charge is -2.11. The van der Waals surface area contributed by atoms with Gasteiger partial charge in [0.05, 0.1) is 17.8 Å². The number of benzene rings is 2. The highest BCUT2D eigenvalue weighted by Crippen LogP contribution is 2.34. The molecule has 5 nitrogen and oxygen atoms in total. The second kappa shape index (κ2) is 7.37. The second-order valence-electron chi connectivity index (χ2n) is 6.56. The maximum Gasteiger partial charge on any atom is 0.228 e. The van der Waals surface area contributed by atoms with E-state index in [2.05, 4.69) is 34.7 Å². The molecule has 1 aliphatic heterocycles. The van der Waals surface area contributed by atoms with Gasteiger partial charge < -0.3 is 10.6 Å². The number of hydrogen-bond acceptors (Lipinski definition) is 4. The molecule has 0 fully saturated rings. The molecule has 0 radical (unpaired) electrons. The zero-order chi connectivity index (χ0) is 18.8. The Morgan fingerprint density at radius 3 is 2.96 bits per heavy atom. The predicted molar refractivity (Wildman–Crippen MR) is 109 cm³/mol. The number of aryl methyl sites for hydroxylation is 1. The van der Waals surface area contributed by atoms with E-state index in [0.29, 0.717) is 16.7 Å². The molecule has 2 N–H and O–H groups in total. The second-order valence-corrected chi connectivity index (χ2v) is 6.99. The van der Waals surface area contributed by atoms with E-state index >= 15 is 0 Å². The summed E-state index contributed by atoms with van der Waals surface area (Å²) in [6, 6.07) is 13.7. The first-order valence-corrected chi connectivity index (χ1v) is 9.32. The fourth-order valence-corrected chi connectivity index (χ4v) is 3.42. The van der Waals surface area contributed by atoms with Crippen molar-refractivity contribution < 1.29 is 4.79 Å². The van der Waals surface area contributed by atoms with Crippen LogP contribution in [0.5, 0.6) is 0 Å². The molecule has 136 valence electrons. The Kier molecular flexibility index (Phi) is 4.77. The minimum absolute atomic E-state index is 0.103. The average Bonchev–Trinajstić information content (AvgIpc) is 2.77. The van der Waals surface area contributed by atoms with Crippen molar-refractivity contribution in [2.24, 2.45) is 0 Å². The highest BCUT2D eigenvalue weighted by atomic mass is 35.5. The van der Waals surface area contributed by atoms with Crippen molar-refractivity contribution in [3.8, 4) is 11.3 Å². The van der Waals surface area contributed by atoms with E-state index in [1.165, 1.54) is 5.56 Å². The van der Waals surface area contributed by atoms with Gasteiger partial charge in [0.2, 0.25) is 11.9 Å². The van der Waals surface area contributed by atoms with Crippen LogP contribution in [-0.2, 0) is 17.6 Å².